The number of alkyl carbamates (subject to hydrolysis) is 1. The molecule has 0 spiro atoms. The summed E-state index contributed by atoms with van der Waals surface area (Å²) in [7, 11) is 1.98. The quantitative estimate of drug-likeness (QED) is 0.871. The highest BCUT2D eigenvalue weighted by atomic mass is 16.6. The van der Waals surface area contributed by atoms with Crippen LogP contribution >= 0.6 is 0 Å². The number of amides is 1. The zero-order chi connectivity index (χ0) is 18.7. The number of aromatic nitrogens is 2. The lowest BCUT2D eigenvalue weighted by atomic mass is 9.87. The van der Waals surface area contributed by atoms with Crippen molar-refractivity contribution in [2.45, 2.75) is 58.2 Å². The Balaban J connectivity index is 1.71. The van der Waals surface area contributed by atoms with E-state index in [9.17, 15) is 4.79 Å². The monoisotopic (exact) mass is 356 g/mol. The Bertz CT molecular complexity index is 776. The minimum absolute atomic E-state index is 0.0106. The number of anilines is 1. The van der Waals surface area contributed by atoms with Crippen molar-refractivity contribution < 1.29 is 9.53 Å². The number of ether oxygens (including phenoxy) is 1. The van der Waals surface area contributed by atoms with Gasteiger partial charge in [-0.05, 0) is 63.3 Å². The Morgan fingerprint density at radius 1 is 1.38 bits per heavy atom. The third kappa shape index (κ3) is 4.56. The van der Waals surface area contributed by atoms with Crippen molar-refractivity contribution in [2.75, 3.05) is 5.32 Å². The Morgan fingerprint density at radius 3 is 2.88 bits per heavy atom. The number of carbonyl (C=O) groups is 1. The molecule has 0 bridgehead atoms. The second kappa shape index (κ2) is 7.40. The van der Waals surface area contributed by atoms with Crippen molar-refractivity contribution >= 4 is 11.8 Å². The minimum atomic E-state index is -0.493. The van der Waals surface area contributed by atoms with Crippen LogP contribution in [0.4, 0.5) is 10.5 Å². The second-order valence-corrected chi connectivity index (χ2v) is 7.81. The normalized spacial score (nSPS) is 16.7. The van der Waals surface area contributed by atoms with Crippen LogP contribution in [-0.4, -0.2) is 21.2 Å². The maximum Gasteiger partial charge on any atom is 0.408 e. The Labute approximate surface area is 155 Å². The number of imidazole rings is 1. The highest BCUT2D eigenvalue weighted by Crippen LogP contribution is 2.32. The first-order chi connectivity index (χ1) is 12.3. The average molecular weight is 356 g/mol. The molecule has 6 heteroatoms. The fraction of sp³-hybridized carbons (Fsp3) is 0.500. The van der Waals surface area contributed by atoms with Gasteiger partial charge in [0.25, 0.3) is 0 Å². The summed E-state index contributed by atoms with van der Waals surface area (Å²) in [6.45, 7) is 6.29. The summed E-state index contributed by atoms with van der Waals surface area (Å²) in [5.74, 6) is 0.978. The third-order valence-electron chi connectivity index (χ3n) is 4.52. The van der Waals surface area contributed by atoms with Crippen molar-refractivity contribution in [1.29, 1.82) is 0 Å². The van der Waals surface area contributed by atoms with Gasteiger partial charge in [-0.15, -0.1) is 0 Å². The summed E-state index contributed by atoms with van der Waals surface area (Å²) in [4.78, 5) is 16.5. The molecule has 1 aliphatic rings. The molecule has 140 valence electrons. The molecular formula is C20H28N4O2. The summed E-state index contributed by atoms with van der Waals surface area (Å²) in [5, 5.41) is 6.46. The number of carbonyl (C=O) groups excluding carboxylic acids is 1. The van der Waals surface area contributed by atoms with Crippen LogP contribution < -0.4 is 10.6 Å². The van der Waals surface area contributed by atoms with Crippen LogP contribution in [0, 0.1) is 0 Å². The van der Waals surface area contributed by atoms with Crippen LogP contribution in [0.1, 0.15) is 56.6 Å². The van der Waals surface area contributed by atoms with Gasteiger partial charge in [0.2, 0.25) is 0 Å². The van der Waals surface area contributed by atoms with Gasteiger partial charge in [-0.2, -0.15) is 0 Å². The molecule has 0 unspecified atom stereocenters. The molecule has 0 fully saturated rings. The van der Waals surface area contributed by atoms with Crippen molar-refractivity contribution in [3.8, 4) is 0 Å². The second-order valence-electron chi connectivity index (χ2n) is 7.81. The number of rotatable bonds is 4. The first-order valence-corrected chi connectivity index (χ1v) is 9.14. The number of fused-ring (bicyclic) bond motifs is 1. The van der Waals surface area contributed by atoms with Gasteiger partial charge in [0.05, 0.1) is 12.6 Å². The summed E-state index contributed by atoms with van der Waals surface area (Å²) in [6, 6.07) is 6.37. The fourth-order valence-electron chi connectivity index (χ4n) is 3.26. The van der Waals surface area contributed by atoms with Gasteiger partial charge < -0.3 is 19.9 Å². The topological polar surface area (TPSA) is 68.2 Å². The van der Waals surface area contributed by atoms with Crippen LogP contribution in [0.2, 0.25) is 0 Å². The molecule has 1 aliphatic carbocycles. The van der Waals surface area contributed by atoms with Gasteiger partial charge in [-0.25, -0.2) is 9.78 Å². The fourth-order valence-corrected chi connectivity index (χ4v) is 3.26. The average Bonchev–Trinajstić information content (AvgIpc) is 2.96. The van der Waals surface area contributed by atoms with Gasteiger partial charge in [-0.1, -0.05) is 6.07 Å². The van der Waals surface area contributed by atoms with Crippen molar-refractivity contribution in [3.05, 3.63) is 47.5 Å². The Hall–Kier alpha value is -2.50. The van der Waals surface area contributed by atoms with Gasteiger partial charge in [0.15, 0.2) is 0 Å². The van der Waals surface area contributed by atoms with Crippen LogP contribution in [0.25, 0.3) is 0 Å². The molecule has 0 saturated carbocycles. The molecule has 1 aromatic carbocycles. The Morgan fingerprint density at radius 2 is 2.19 bits per heavy atom. The van der Waals surface area contributed by atoms with E-state index >= 15 is 0 Å². The molecule has 1 atom stereocenters. The van der Waals surface area contributed by atoms with E-state index < -0.39 is 5.60 Å². The smallest absolute Gasteiger partial charge is 0.408 e. The number of hydrogen-bond acceptors (Lipinski definition) is 4. The van der Waals surface area contributed by atoms with E-state index in [-0.39, 0.29) is 12.1 Å². The standard InChI is InChI=1S/C20H28N4O2/c1-20(2,3)26-19(25)23-17-7-5-6-14-8-9-15(12-16(14)17)22-13-18-21-10-11-24(18)4/h8-12,17,22H,5-7,13H2,1-4H3,(H,23,25)/t17-/m0/s1. The van der Waals surface area contributed by atoms with Crippen LogP contribution in [-0.2, 0) is 24.8 Å². The number of nitrogens with one attached hydrogen (secondary N) is 2. The van der Waals surface area contributed by atoms with Crippen molar-refractivity contribution in [1.82, 2.24) is 14.9 Å². The van der Waals surface area contributed by atoms with E-state index in [4.69, 9.17) is 4.74 Å². The van der Waals surface area contributed by atoms with Gasteiger partial charge in [-0.3, -0.25) is 0 Å². The zero-order valence-electron chi connectivity index (χ0n) is 16.0. The zero-order valence-corrected chi connectivity index (χ0v) is 16.0. The maximum atomic E-state index is 12.2. The van der Waals surface area contributed by atoms with Crippen molar-refractivity contribution in [2.24, 2.45) is 7.05 Å². The molecule has 6 nitrogen and oxygen atoms in total. The molecule has 2 N–H and O–H groups in total. The first kappa shape index (κ1) is 18.3. The number of hydrogen-bond donors (Lipinski definition) is 2. The van der Waals surface area contributed by atoms with E-state index in [0.717, 1.165) is 30.8 Å². The van der Waals surface area contributed by atoms with Crippen molar-refractivity contribution in [3.63, 3.8) is 0 Å². The first-order valence-electron chi connectivity index (χ1n) is 9.14. The highest BCUT2D eigenvalue weighted by molar-refractivity contribution is 5.69. The molecule has 0 aliphatic heterocycles. The largest absolute Gasteiger partial charge is 0.444 e. The van der Waals surface area contributed by atoms with E-state index in [1.54, 1.807) is 6.20 Å². The summed E-state index contributed by atoms with van der Waals surface area (Å²) in [6.07, 6.45) is 6.40. The van der Waals surface area contributed by atoms with Crippen LogP contribution in [0.5, 0.6) is 0 Å². The molecule has 2 aromatic rings. The molecule has 0 saturated heterocycles. The lowest BCUT2D eigenvalue weighted by Gasteiger charge is -2.28. The number of nitrogens with zero attached hydrogens (tertiary/aromatic N) is 2. The molecule has 26 heavy (non-hydrogen) atoms. The van der Waals surface area contributed by atoms with Crippen LogP contribution in [0.3, 0.4) is 0 Å². The number of benzene rings is 1. The third-order valence-corrected chi connectivity index (χ3v) is 4.52. The summed E-state index contributed by atoms with van der Waals surface area (Å²) < 4.78 is 7.42. The van der Waals surface area contributed by atoms with E-state index in [2.05, 4.69) is 33.8 Å². The predicted octanol–water partition coefficient (Wildman–Crippen LogP) is 3.93. The summed E-state index contributed by atoms with van der Waals surface area (Å²) in [5.41, 5.74) is 3.00. The minimum Gasteiger partial charge on any atom is -0.444 e. The summed E-state index contributed by atoms with van der Waals surface area (Å²) >= 11 is 0. The van der Waals surface area contributed by atoms with Gasteiger partial charge >= 0.3 is 6.09 Å². The SMILES string of the molecule is Cn1ccnc1CNc1ccc2c(c1)[C@@H](NC(=O)OC(C)(C)C)CCC2. The van der Waals surface area contributed by atoms with E-state index in [1.807, 2.05) is 38.6 Å². The maximum absolute atomic E-state index is 12.2. The van der Waals surface area contributed by atoms with E-state index in [0.29, 0.717) is 6.54 Å². The highest BCUT2D eigenvalue weighted by Gasteiger charge is 2.25. The molecule has 1 amide bonds. The predicted molar refractivity (Wildman–Crippen MR) is 102 cm³/mol. The van der Waals surface area contributed by atoms with Gasteiger partial charge in [0.1, 0.15) is 11.4 Å². The number of aryl methyl sites for hydroxylation is 2. The van der Waals surface area contributed by atoms with Crippen LogP contribution in [0.15, 0.2) is 30.6 Å². The van der Waals surface area contributed by atoms with E-state index in [1.165, 1.54) is 11.1 Å². The molecule has 1 aromatic heterocycles. The van der Waals surface area contributed by atoms with Gasteiger partial charge in [0, 0.05) is 25.1 Å². The molecular weight excluding hydrogens is 328 g/mol. The molecule has 0 radical (unpaired) electrons. The Kier molecular flexibility index (Phi) is 5.20. The lowest BCUT2D eigenvalue weighted by molar-refractivity contribution is 0.0498. The molecule has 1 heterocycles. The lowest BCUT2D eigenvalue weighted by Crippen LogP contribution is -2.36. The molecule has 3 rings (SSSR count).